The number of nitrogens with zero attached hydrogens (tertiary/aromatic N) is 5. The molecule has 170 valence electrons. The van der Waals surface area contributed by atoms with E-state index < -0.39 is 5.82 Å². The molecule has 2 aliphatic heterocycles. The Morgan fingerprint density at radius 3 is 2.88 bits per heavy atom. The van der Waals surface area contributed by atoms with Gasteiger partial charge in [0, 0.05) is 54.8 Å². The zero-order valence-electron chi connectivity index (χ0n) is 18.8. The number of fused-ring (bicyclic) bond motifs is 1. The van der Waals surface area contributed by atoms with Crippen LogP contribution in [0.15, 0.2) is 36.5 Å². The van der Waals surface area contributed by atoms with Crippen molar-refractivity contribution in [2.45, 2.75) is 26.4 Å². The molecule has 4 heterocycles. The number of aromatic nitrogens is 3. The number of carbonyl (C=O) groups is 1. The maximum atomic E-state index is 14.8. The van der Waals surface area contributed by atoms with Gasteiger partial charge in [-0.25, -0.2) is 9.37 Å². The number of hydrogen-bond acceptors (Lipinski definition) is 7. The van der Waals surface area contributed by atoms with E-state index in [0.29, 0.717) is 34.3 Å². The predicted molar refractivity (Wildman–Crippen MR) is 123 cm³/mol. The van der Waals surface area contributed by atoms with Crippen LogP contribution in [0.4, 0.5) is 16.2 Å². The first-order chi connectivity index (χ1) is 16.0. The standard InChI is InChI=1S/C24H25FN6O2/c1-14-11-20(29-24(28-14)30-10-9-26-12-15(30)2)31-13-17-16(23(31)32)7-8-27-22(17)21-18(25)5-4-6-19(21)33-3/h4-8,11,15,26H,9-10,12-13H2,1-3H3/t15-/m1/s1. The Labute approximate surface area is 191 Å². The van der Waals surface area contributed by atoms with Gasteiger partial charge in [0.15, 0.2) is 0 Å². The van der Waals surface area contributed by atoms with Crippen LogP contribution in [0.2, 0.25) is 0 Å². The van der Waals surface area contributed by atoms with Crippen LogP contribution in [0.3, 0.4) is 0 Å². The van der Waals surface area contributed by atoms with Crippen LogP contribution in [-0.4, -0.2) is 53.6 Å². The van der Waals surface area contributed by atoms with Gasteiger partial charge in [0.25, 0.3) is 5.91 Å². The molecule has 1 saturated heterocycles. The van der Waals surface area contributed by atoms with E-state index >= 15 is 0 Å². The van der Waals surface area contributed by atoms with Crippen LogP contribution in [0.1, 0.15) is 28.5 Å². The van der Waals surface area contributed by atoms with Gasteiger partial charge in [0.2, 0.25) is 5.95 Å². The molecule has 0 bridgehead atoms. The molecule has 3 aromatic rings. The van der Waals surface area contributed by atoms with Crippen molar-refractivity contribution in [3.63, 3.8) is 0 Å². The molecule has 1 aromatic carbocycles. The van der Waals surface area contributed by atoms with Crippen LogP contribution >= 0.6 is 0 Å². The predicted octanol–water partition coefficient (Wildman–Crippen LogP) is 2.95. The summed E-state index contributed by atoms with van der Waals surface area (Å²) in [6.07, 6.45) is 1.53. The van der Waals surface area contributed by atoms with Gasteiger partial charge in [-0.3, -0.25) is 14.7 Å². The van der Waals surface area contributed by atoms with Crippen molar-refractivity contribution >= 4 is 17.7 Å². The van der Waals surface area contributed by atoms with Crippen molar-refractivity contribution in [2.75, 3.05) is 36.5 Å². The van der Waals surface area contributed by atoms with Crippen molar-refractivity contribution in [3.8, 4) is 17.0 Å². The van der Waals surface area contributed by atoms with E-state index in [1.54, 1.807) is 29.2 Å². The summed E-state index contributed by atoms with van der Waals surface area (Å²) in [6, 6.07) is 8.34. The minimum atomic E-state index is -0.450. The monoisotopic (exact) mass is 448 g/mol. The number of carbonyl (C=O) groups excluding carboxylic acids is 1. The summed E-state index contributed by atoms with van der Waals surface area (Å²) in [5.74, 6) is 0.859. The van der Waals surface area contributed by atoms with Gasteiger partial charge in [-0.1, -0.05) is 6.07 Å². The summed E-state index contributed by atoms with van der Waals surface area (Å²) in [6.45, 7) is 6.74. The highest BCUT2D eigenvalue weighted by atomic mass is 19.1. The van der Waals surface area contributed by atoms with Crippen LogP contribution < -0.4 is 19.9 Å². The number of amides is 1. The first-order valence-corrected chi connectivity index (χ1v) is 10.9. The molecule has 1 amide bonds. The van der Waals surface area contributed by atoms with E-state index in [1.165, 1.54) is 19.4 Å². The molecule has 1 fully saturated rings. The average Bonchev–Trinajstić information content (AvgIpc) is 3.15. The van der Waals surface area contributed by atoms with E-state index in [0.717, 1.165) is 25.3 Å². The van der Waals surface area contributed by atoms with Crippen molar-refractivity contribution in [1.82, 2.24) is 20.3 Å². The molecule has 2 aliphatic rings. The van der Waals surface area contributed by atoms with E-state index in [-0.39, 0.29) is 24.1 Å². The highest BCUT2D eigenvalue weighted by Crippen LogP contribution is 2.38. The fourth-order valence-corrected chi connectivity index (χ4v) is 4.47. The van der Waals surface area contributed by atoms with E-state index in [4.69, 9.17) is 9.72 Å². The molecule has 1 N–H and O–H groups in total. The summed E-state index contributed by atoms with van der Waals surface area (Å²) in [4.78, 5) is 30.9. The maximum Gasteiger partial charge on any atom is 0.260 e. The van der Waals surface area contributed by atoms with Gasteiger partial charge in [-0.05, 0) is 32.0 Å². The molecule has 0 aliphatic carbocycles. The normalized spacial score (nSPS) is 17.9. The topological polar surface area (TPSA) is 83.5 Å². The van der Waals surface area contributed by atoms with Gasteiger partial charge in [0.05, 0.1) is 24.9 Å². The van der Waals surface area contributed by atoms with E-state index in [2.05, 4.69) is 27.1 Å². The summed E-state index contributed by atoms with van der Waals surface area (Å²) < 4.78 is 20.2. The third kappa shape index (κ3) is 3.68. The Hall–Kier alpha value is -3.59. The molecule has 9 heteroatoms. The Morgan fingerprint density at radius 2 is 2.09 bits per heavy atom. The fraction of sp³-hybridized carbons (Fsp3) is 0.333. The summed E-state index contributed by atoms with van der Waals surface area (Å²) in [5.41, 5.74) is 2.57. The third-order valence-corrected chi connectivity index (χ3v) is 6.14. The third-order valence-electron chi connectivity index (χ3n) is 6.14. The van der Waals surface area contributed by atoms with Crippen molar-refractivity contribution in [2.24, 2.45) is 0 Å². The van der Waals surface area contributed by atoms with E-state index in [1.807, 2.05) is 6.92 Å². The summed E-state index contributed by atoms with van der Waals surface area (Å²) >= 11 is 0. The quantitative estimate of drug-likeness (QED) is 0.657. The number of benzene rings is 1. The maximum absolute atomic E-state index is 14.8. The van der Waals surface area contributed by atoms with E-state index in [9.17, 15) is 9.18 Å². The van der Waals surface area contributed by atoms with Gasteiger partial charge in [-0.2, -0.15) is 4.98 Å². The van der Waals surface area contributed by atoms with Crippen molar-refractivity contribution < 1.29 is 13.9 Å². The number of hydrogen-bond donors (Lipinski definition) is 1. The Kier molecular flexibility index (Phi) is 5.41. The number of pyridine rings is 1. The SMILES string of the molecule is COc1cccc(F)c1-c1nccc2c1CN(c1cc(C)nc(N3CCNC[C@H]3C)n1)C2=O. The van der Waals surface area contributed by atoms with Crippen LogP contribution in [-0.2, 0) is 6.54 Å². The smallest absolute Gasteiger partial charge is 0.260 e. The molecule has 33 heavy (non-hydrogen) atoms. The second kappa shape index (κ2) is 8.40. The number of halogens is 1. The van der Waals surface area contributed by atoms with Crippen LogP contribution in [0.5, 0.6) is 5.75 Å². The van der Waals surface area contributed by atoms with Crippen LogP contribution in [0.25, 0.3) is 11.3 Å². The molecule has 1 atom stereocenters. The molecule has 5 rings (SSSR count). The lowest BCUT2D eigenvalue weighted by Gasteiger charge is -2.34. The number of rotatable bonds is 4. The highest BCUT2D eigenvalue weighted by molar-refractivity contribution is 6.10. The zero-order valence-corrected chi connectivity index (χ0v) is 18.8. The van der Waals surface area contributed by atoms with Gasteiger partial charge < -0.3 is 15.0 Å². The zero-order chi connectivity index (χ0) is 23.1. The van der Waals surface area contributed by atoms with Crippen molar-refractivity contribution in [1.29, 1.82) is 0 Å². The molecule has 2 aromatic heterocycles. The average molecular weight is 449 g/mol. The molecule has 0 radical (unpaired) electrons. The molecule has 0 spiro atoms. The van der Waals surface area contributed by atoms with Gasteiger partial charge >= 0.3 is 0 Å². The van der Waals surface area contributed by atoms with Gasteiger partial charge in [0.1, 0.15) is 17.4 Å². The number of piperazine rings is 1. The largest absolute Gasteiger partial charge is 0.496 e. The molecular formula is C24H25FN6O2. The Bertz CT molecular complexity index is 1230. The van der Waals surface area contributed by atoms with Crippen LogP contribution in [0, 0.1) is 12.7 Å². The molecule has 0 unspecified atom stereocenters. The first kappa shape index (κ1) is 21.3. The lowest BCUT2D eigenvalue weighted by atomic mass is 10.0. The molecule has 8 nitrogen and oxygen atoms in total. The highest BCUT2D eigenvalue weighted by Gasteiger charge is 2.34. The number of ether oxygens (including phenoxy) is 1. The number of methoxy groups -OCH3 is 1. The second-order valence-electron chi connectivity index (χ2n) is 8.31. The lowest BCUT2D eigenvalue weighted by Crippen LogP contribution is -2.50. The molecule has 0 saturated carbocycles. The summed E-state index contributed by atoms with van der Waals surface area (Å²) in [5, 5.41) is 3.36. The summed E-state index contributed by atoms with van der Waals surface area (Å²) in [7, 11) is 1.49. The van der Waals surface area contributed by atoms with Gasteiger partial charge in [-0.15, -0.1) is 0 Å². The first-order valence-electron chi connectivity index (χ1n) is 10.9. The second-order valence-corrected chi connectivity index (χ2v) is 8.31. The fourth-order valence-electron chi connectivity index (χ4n) is 4.47. The number of aryl methyl sites for hydroxylation is 1. The number of nitrogens with one attached hydrogen (secondary N) is 1. The Balaban J connectivity index is 1.55. The minimum absolute atomic E-state index is 0.193. The molecular weight excluding hydrogens is 423 g/mol. The number of anilines is 2. The Morgan fingerprint density at radius 1 is 1.24 bits per heavy atom. The minimum Gasteiger partial charge on any atom is -0.496 e. The van der Waals surface area contributed by atoms with Crippen molar-refractivity contribution in [3.05, 3.63) is 59.2 Å². The lowest BCUT2D eigenvalue weighted by molar-refractivity contribution is 0.0996.